The maximum Gasteiger partial charge on any atom is 0.365 e. The van der Waals surface area contributed by atoms with Crippen molar-refractivity contribution in [1.29, 1.82) is 0 Å². The van der Waals surface area contributed by atoms with Crippen molar-refractivity contribution >= 4 is 23.7 Å². The van der Waals surface area contributed by atoms with Crippen molar-refractivity contribution in [2.24, 2.45) is 10.9 Å². The predicted octanol–water partition coefficient (Wildman–Crippen LogP) is 2.83. The molecule has 0 amide bonds. The number of hydroxylamine groups is 2. The predicted molar refractivity (Wildman–Crippen MR) is 113 cm³/mol. The Labute approximate surface area is 180 Å². The number of oxime groups is 1. The van der Waals surface area contributed by atoms with Crippen molar-refractivity contribution in [3.63, 3.8) is 0 Å². The number of benzene rings is 2. The van der Waals surface area contributed by atoms with Crippen molar-refractivity contribution in [2.45, 2.75) is 32.2 Å². The number of carbonyl (C=O) groups is 3. The summed E-state index contributed by atoms with van der Waals surface area (Å²) >= 11 is 0. The van der Waals surface area contributed by atoms with Gasteiger partial charge in [0.2, 0.25) is 0 Å². The number of nitrogens with two attached hydrogens (primary N) is 1. The smallest absolute Gasteiger partial charge is 0.365 e. The first-order valence-electron chi connectivity index (χ1n) is 9.72. The number of nitrogens with zero attached hydrogens (tertiary/aromatic N) is 2. The normalized spacial score (nSPS) is 12.0. The third-order valence-electron chi connectivity index (χ3n) is 4.28. The highest BCUT2D eigenvalue weighted by molar-refractivity contribution is 5.91. The standard InChI is InChI=1S/C22H25N3O6/c1-16(24-30-21(28)17-10-4-2-5-11-17)25(15-9-8-14-19(23)20(26)27)31-22(29)18-12-6-3-7-13-18/h2-7,10-13,19H,8-9,14-15,23H2,1H3,(H,26,27)/b24-16+. The van der Waals surface area contributed by atoms with E-state index in [1.807, 2.05) is 0 Å². The van der Waals surface area contributed by atoms with Crippen LogP contribution in [-0.4, -0.2) is 46.5 Å². The number of carboxylic acids is 1. The average Bonchev–Trinajstić information content (AvgIpc) is 2.79. The minimum absolute atomic E-state index is 0.149. The Morgan fingerprint density at radius 1 is 0.968 bits per heavy atom. The van der Waals surface area contributed by atoms with Gasteiger partial charge in [-0.3, -0.25) is 4.79 Å². The van der Waals surface area contributed by atoms with Crippen LogP contribution < -0.4 is 5.73 Å². The van der Waals surface area contributed by atoms with Gasteiger partial charge in [0.1, 0.15) is 6.04 Å². The van der Waals surface area contributed by atoms with Crippen LogP contribution in [0.25, 0.3) is 0 Å². The highest BCUT2D eigenvalue weighted by atomic mass is 16.7. The molecule has 0 radical (unpaired) electrons. The molecule has 0 spiro atoms. The molecule has 3 N–H and O–H groups in total. The molecule has 2 aromatic carbocycles. The van der Waals surface area contributed by atoms with Crippen molar-refractivity contribution < 1.29 is 29.2 Å². The minimum atomic E-state index is -1.07. The van der Waals surface area contributed by atoms with Gasteiger partial charge in [-0.1, -0.05) is 41.6 Å². The summed E-state index contributed by atoms with van der Waals surface area (Å²) in [6.07, 6.45) is 1.24. The van der Waals surface area contributed by atoms with E-state index in [2.05, 4.69) is 5.16 Å². The van der Waals surface area contributed by atoms with Crippen molar-refractivity contribution in [2.75, 3.05) is 6.54 Å². The van der Waals surface area contributed by atoms with Gasteiger partial charge in [0, 0.05) is 6.92 Å². The molecule has 9 nitrogen and oxygen atoms in total. The maximum absolute atomic E-state index is 12.4. The Morgan fingerprint density at radius 3 is 2.06 bits per heavy atom. The summed E-state index contributed by atoms with van der Waals surface area (Å²) in [5.41, 5.74) is 6.18. The van der Waals surface area contributed by atoms with Crippen molar-refractivity contribution in [1.82, 2.24) is 5.06 Å². The molecule has 0 bridgehead atoms. The zero-order valence-corrected chi connectivity index (χ0v) is 17.1. The van der Waals surface area contributed by atoms with E-state index in [9.17, 15) is 14.4 Å². The van der Waals surface area contributed by atoms with E-state index >= 15 is 0 Å². The fraction of sp³-hybridized carbons (Fsp3) is 0.273. The topological polar surface area (TPSA) is 132 Å². The summed E-state index contributed by atoms with van der Waals surface area (Å²) in [6, 6.07) is 15.8. The monoisotopic (exact) mass is 427 g/mol. The fourth-order valence-electron chi connectivity index (χ4n) is 2.52. The van der Waals surface area contributed by atoms with E-state index in [1.54, 1.807) is 60.7 Å². The Balaban J connectivity index is 2.03. The minimum Gasteiger partial charge on any atom is -0.480 e. The van der Waals surface area contributed by atoms with E-state index in [4.69, 9.17) is 20.5 Å². The summed E-state index contributed by atoms with van der Waals surface area (Å²) in [5, 5.41) is 13.9. The number of carbonyl (C=O) groups excluding carboxylic acids is 2. The second-order valence-electron chi connectivity index (χ2n) is 6.67. The van der Waals surface area contributed by atoms with E-state index in [0.29, 0.717) is 24.0 Å². The first-order chi connectivity index (χ1) is 14.9. The second kappa shape index (κ2) is 12.1. The molecular weight excluding hydrogens is 402 g/mol. The van der Waals surface area contributed by atoms with Gasteiger partial charge in [-0.2, -0.15) is 5.06 Å². The number of amidine groups is 1. The highest BCUT2D eigenvalue weighted by Crippen LogP contribution is 2.09. The molecule has 0 saturated carbocycles. The molecule has 2 rings (SSSR count). The zero-order chi connectivity index (χ0) is 22.6. The van der Waals surface area contributed by atoms with Gasteiger partial charge < -0.3 is 20.5 Å². The molecule has 0 heterocycles. The number of aliphatic carboxylic acids is 1. The Bertz CT molecular complexity index is 902. The number of hydrogen-bond acceptors (Lipinski definition) is 7. The molecule has 0 aliphatic heterocycles. The van der Waals surface area contributed by atoms with Crippen LogP contribution >= 0.6 is 0 Å². The lowest BCUT2D eigenvalue weighted by molar-refractivity contribution is -0.138. The van der Waals surface area contributed by atoms with Crippen LogP contribution in [0.15, 0.2) is 65.8 Å². The summed E-state index contributed by atoms with van der Waals surface area (Å²) in [6.45, 7) is 1.74. The number of carboxylic acid groups (broad SMARTS) is 1. The molecule has 1 atom stereocenters. The van der Waals surface area contributed by atoms with Crippen LogP contribution in [-0.2, 0) is 14.5 Å². The summed E-state index contributed by atoms with van der Waals surface area (Å²) in [7, 11) is 0. The van der Waals surface area contributed by atoms with Crippen molar-refractivity contribution in [3.8, 4) is 0 Å². The first-order valence-corrected chi connectivity index (χ1v) is 9.72. The Hall–Kier alpha value is -3.72. The molecular formula is C22H25N3O6. The quantitative estimate of drug-likeness (QED) is 0.205. The van der Waals surface area contributed by atoms with Gasteiger partial charge in [0.25, 0.3) is 0 Å². The van der Waals surface area contributed by atoms with Crippen LogP contribution in [0.4, 0.5) is 0 Å². The highest BCUT2D eigenvalue weighted by Gasteiger charge is 2.18. The van der Waals surface area contributed by atoms with Crippen molar-refractivity contribution in [3.05, 3.63) is 71.8 Å². The number of rotatable bonds is 9. The lowest BCUT2D eigenvalue weighted by Crippen LogP contribution is -2.34. The van der Waals surface area contributed by atoms with Gasteiger partial charge in [0.15, 0.2) is 5.84 Å². The van der Waals surface area contributed by atoms with Gasteiger partial charge >= 0.3 is 17.9 Å². The SMILES string of the molecule is C/C(=N\OC(=O)c1ccccc1)N(CCCCC(N)C(=O)O)OC(=O)c1ccccc1. The largest absolute Gasteiger partial charge is 0.480 e. The molecule has 0 fully saturated rings. The summed E-state index contributed by atoms with van der Waals surface area (Å²) < 4.78 is 0. The second-order valence-corrected chi connectivity index (χ2v) is 6.67. The van der Waals surface area contributed by atoms with Gasteiger partial charge in [-0.15, -0.1) is 0 Å². The van der Waals surface area contributed by atoms with Gasteiger partial charge in [-0.25, -0.2) is 9.59 Å². The van der Waals surface area contributed by atoms with E-state index in [-0.39, 0.29) is 18.8 Å². The number of hydrogen-bond donors (Lipinski definition) is 2. The Kier molecular flexibility index (Phi) is 9.18. The average molecular weight is 427 g/mol. The van der Waals surface area contributed by atoms with Crippen LogP contribution in [0.3, 0.4) is 0 Å². The molecule has 2 aromatic rings. The lowest BCUT2D eigenvalue weighted by atomic mass is 10.1. The summed E-state index contributed by atoms with van der Waals surface area (Å²) in [5.74, 6) is -2.18. The lowest BCUT2D eigenvalue weighted by Gasteiger charge is -2.22. The van der Waals surface area contributed by atoms with Crippen LogP contribution in [0.2, 0.25) is 0 Å². The third-order valence-corrected chi connectivity index (χ3v) is 4.28. The van der Waals surface area contributed by atoms with E-state index in [0.717, 1.165) is 0 Å². The summed E-state index contributed by atoms with van der Waals surface area (Å²) in [4.78, 5) is 45.7. The Morgan fingerprint density at radius 2 is 1.52 bits per heavy atom. The molecule has 164 valence electrons. The zero-order valence-electron chi connectivity index (χ0n) is 17.1. The molecule has 0 aliphatic rings. The van der Waals surface area contributed by atoms with E-state index in [1.165, 1.54) is 12.0 Å². The fourth-order valence-corrected chi connectivity index (χ4v) is 2.52. The van der Waals surface area contributed by atoms with Crippen LogP contribution in [0.1, 0.15) is 46.9 Å². The van der Waals surface area contributed by atoms with Crippen LogP contribution in [0.5, 0.6) is 0 Å². The molecule has 31 heavy (non-hydrogen) atoms. The molecule has 0 aromatic heterocycles. The van der Waals surface area contributed by atoms with Gasteiger partial charge in [-0.05, 0) is 43.5 Å². The van der Waals surface area contributed by atoms with Crippen LogP contribution in [0, 0.1) is 0 Å². The molecule has 1 unspecified atom stereocenters. The van der Waals surface area contributed by atoms with E-state index < -0.39 is 23.9 Å². The molecule has 0 saturated heterocycles. The molecule has 0 aliphatic carbocycles. The molecule has 9 heteroatoms. The van der Waals surface area contributed by atoms with Gasteiger partial charge in [0.05, 0.1) is 17.7 Å². The number of unbranched alkanes of at least 4 members (excludes halogenated alkanes) is 1. The maximum atomic E-state index is 12.4. The first kappa shape index (κ1) is 23.6. The third kappa shape index (κ3) is 7.90.